The molecular weight excluding hydrogens is 454 g/mol. The van der Waals surface area contributed by atoms with Crippen LogP contribution in [-0.2, 0) is 16.8 Å². The number of unbranched alkanes of at least 4 members (excludes halogenated alkanes) is 1. The number of carbonyl (C=O) groups is 1. The Hall–Kier alpha value is -2.51. The molecule has 2 aliphatic rings. The van der Waals surface area contributed by atoms with Crippen LogP contribution in [0.15, 0.2) is 40.8 Å². The van der Waals surface area contributed by atoms with Crippen LogP contribution in [0.25, 0.3) is 10.1 Å². The highest BCUT2D eigenvalue weighted by atomic mass is 32.1. The second-order valence-electron chi connectivity index (χ2n) is 10.6. The monoisotopic (exact) mass is 491 g/mol. The number of nitrogens with two attached hydrogens (primary N) is 1. The first-order valence-corrected chi connectivity index (χ1v) is 14.0. The van der Waals surface area contributed by atoms with E-state index in [4.69, 9.17) is 15.7 Å². The molecule has 1 aliphatic heterocycles. The summed E-state index contributed by atoms with van der Waals surface area (Å²) in [5, 5.41) is 6.80. The quantitative estimate of drug-likeness (QED) is 0.408. The largest absolute Gasteiger partial charge is 0.353 e. The van der Waals surface area contributed by atoms with Crippen molar-refractivity contribution in [1.29, 1.82) is 0 Å². The van der Waals surface area contributed by atoms with Gasteiger partial charge >= 0.3 is 0 Å². The first kappa shape index (κ1) is 24.2. The Morgan fingerprint density at radius 1 is 1.20 bits per heavy atom. The van der Waals surface area contributed by atoms with Gasteiger partial charge < -0.3 is 15.6 Å². The van der Waals surface area contributed by atoms with E-state index in [-0.39, 0.29) is 11.9 Å². The molecule has 5 rings (SSSR count). The van der Waals surface area contributed by atoms with Crippen LogP contribution in [-0.4, -0.2) is 33.8 Å². The fourth-order valence-electron chi connectivity index (χ4n) is 5.33. The zero-order valence-corrected chi connectivity index (χ0v) is 21.7. The normalized spacial score (nSPS) is 18.9. The summed E-state index contributed by atoms with van der Waals surface area (Å²) in [6.07, 6.45) is 10.8. The molecule has 1 fully saturated rings. The highest BCUT2D eigenvalue weighted by Gasteiger charge is 2.36. The predicted molar refractivity (Wildman–Crippen MR) is 144 cm³/mol. The van der Waals surface area contributed by atoms with Crippen molar-refractivity contribution >= 4 is 33.0 Å². The summed E-state index contributed by atoms with van der Waals surface area (Å²) in [6.45, 7) is 5.36. The number of nitrogens with one attached hydrogen (secondary N) is 1. The molecule has 1 atom stereocenters. The Kier molecular flexibility index (Phi) is 7.07. The van der Waals surface area contributed by atoms with E-state index in [9.17, 15) is 4.79 Å². The lowest BCUT2D eigenvalue weighted by molar-refractivity contribution is -0.126. The number of fused-ring (bicyclic) bond motifs is 2. The van der Waals surface area contributed by atoms with E-state index in [1.165, 1.54) is 34.9 Å². The summed E-state index contributed by atoms with van der Waals surface area (Å²) in [7, 11) is 0. The van der Waals surface area contributed by atoms with E-state index in [0.29, 0.717) is 19.1 Å². The zero-order valence-electron chi connectivity index (χ0n) is 20.9. The number of nitrogens with zero attached hydrogens (tertiary/aromatic N) is 3. The molecule has 2 aromatic heterocycles. The van der Waals surface area contributed by atoms with Crippen molar-refractivity contribution in [2.45, 2.75) is 89.3 Å². The molecule has 1 amide bonds. The third-order valence-corrected chi connectivity index (χ3v) is 8.57. The Labute approximate surface area is 212 Å². The fraction of sp³-hybridized carbons (Fsp3) is 0.536. The van der Waals surface area contributed by atoms with Gasteiger partial charge in [-0.1, -0.05) is 37.5 Å². The molecule has 0 saturated heterocycles. The van der Waals surface area contributed by atoms with Gasteiger partial charge in [-0.05, 0) is 58.6 Å². The molecule has 1 aliphatic carbocycles. The van der Waals surface area contributed by atoms with Gasteiger partial charge in [-0.15, -0.1) is 11.3 Å². The number of carbonyl (C=O) groups excluding carboxylic acids is 1. The SMILES string of the molecule is CC(C)(C(=O)NC1CCCCC1)c1cn2c(n1)C(CCCCN)N=C(c1csc3ccccc13)C2. The summed E-state index contributed by atoms with van der Waals surface area (Å²) in [5.74, 6) is 1.04. The first-order valence-electron chi connectivity index (χ1n) is 13.1. The lowest BCUT2D eigenvalue weighted by Gasteiger charge is -2.28. The molecule has 1 unspecified atom stereocenters. The second-order valence-corrected chi connectivity index (χ2v) is 11.5. The van der Waals surface area contributed by atoms with E-state index in [0.717, 1.165) is 49.3 Å². The summed E-state index contributed by atoms with van der Waals surface area (Å²) >= 11 is 1.77. The van der Waals surface area contributed by atoms with Crippen LogP contribution in [0.3, 0.4) is 0 Å². The maximum atomic E-state index is 13.3. The number of imidazole rings is 1. The molecule has 0 radical (unpaired) electrons. The Morgan fingerprint density at radius 3 is 2.80 bits per heavy atom. The van der Waals surface area contributed by atoms with Crippen LogP contribution in [0.4, 0.5) is 0 Å². The van der Waals surface area contributed by atoms with Crippen LogP contribution in [0.1, 0.15) is 88.3 Å². The average molecular weight is 492 g/mol. The molecule has 6 nitrogen and oxygen atoms in total. The maximum Gasteiger partial charge on any atom is 0.231 e. The minimum Gasteiger partial charge on any atom is -0.353 e. The van der Waals surface area contributed by atoms with Crippen LogP contribution in [0.2, 0.25) is 0 Å². The number of rotatable bonds is 8. The fourth-order valence-corrected chi connectivity index (χ4v) is 6.30. The standard InChI is InChI=1S/C28H37N5OS/c1-28(2,27(34)30-19-10-4-3-5-11-19)25-17-33-16-23(21-18-35-24-14-7-6-12-20(21)24)31-22(26(33)32-25)13-8-9-15-29/h6-7,12,14,17-19,22H,3-5,8-11,13,15-16,29H2,1-2H3,(H,30,34). The summed E-state index contributed by atoms with van der Waals surface area (Å²) in [6, 6.07) is 8.80. The van der Waals surface area contributed by atoms with Gasteiger partial charge in [-0.2, -0.15) is 0 Å². The van der Waals surface area contributed by atoms with Gasteiger partial charge in [0.25, 0.3) is 0 Å². The third kappa shape index (κ3) is 4.94. The minimum atomic E-state index is -0.696. The van der Waals surface area contributed by atoms with Crippen molar-refractivity contribution in [3.8, 4) is 0 Å². The molecule has 1 aromatic carbocycles. The van der Waals surface area contributed by atoms with Crippen molar-refractivity contribution in [3.63, 3.8) is 0 Å². The van der Waals surface area contributed by atoms with Gasteiger partial charge in [0, 0.05) is 33.3 Å². The first-order chi connectivity index (χ1) is 17.0. The number of hydrogen-bond donors (Lipinski definition) is 2. The number of amides is 1. The van der Waals surface area contributed by atoms with E-state index in [2.05, 4.69) is 45.7 Å². The summed E-state index contributed by atoms with van der Waals surface area (Å²) in [5.41, 5.74) is 8.22. The number of aromatic nitrogens is 2. The van der Waals surface area contributed by atoms with Crippen molar-refractivity contribution in [1.82, 2.24) is 14.9 Å². The summed E-state index contributed by atoms with van der Waals surface area (Å²) in [4.78, 5) is 23.6. The van der Waals surface area contributed by atoms with Crippen molar-refractivity contribution in [2.24, 2.45) is 10.7 Å². The van der Waals surface area contributed by atoms with Gasteiger partial charge in [0.2, 0.25) is 5.91 Å². The molecule has 3 aromatic rings. The van der Waals surface area contributed by atoms with Gasteiger partial charge in [-0.3, -0.25) is 9.79 Å². The molecule has 35 heavy (non-hydrogen) atoms. The number of aliphatic imine (C=N–C) groups is 1. The van der Waals surface area contributed by atoms with E-state index in [1.54, 1.807) is 11.3 Å². The minimum absolute atomic E-state index is 0.0186. The molecule has 0 spiro atoms. The number of hydrogen-bond acceptors (Lipinski definition) is 5. The third-order valence-electron chi connectivity index (χ3n) is 7.61. The highest BCUT2D eigenvalue weighted by Crippen LogP contribution is 2.35. The van der Waals surface area contributed by atoms with Crippen molar-refractivity contribution < 1.29 is 4.79 Å². The highest BCUT2D eigenvalue weighted by molar-refractivity contribution is 7.17. The Bertz CT molecular complexity index is 1220. The molecule has 186 valence electrons. The molecule has 7 heteroatoms. The number of benzene rings is 1. The van der Waals surface area contributed by atoms with Gasteiger partial charge in [0.15, 0.2) is 0 Å². The molecule has 0 bridgehead atoms. The molecular formula is C28H37N5OS. The molecule has 3 heterocycles. The second kappa shape index (κ2) is 10.2. The van der Waals surface area contributed by atoms with Gasteiger partial charge in [-0.25, -0.2) is 4.98 Å². The zero-order chi connectivity index (χ0) is 24.4. The smallest absolute Gasteiger partial charge is 0.231 e. The van der Waals surface area contributed by atoms with Crippen LogP contribution in [0, 0.1) is 0 Å². The molecule has 1 saturated carbocycles. The molecule has 3 N–H and O–H groups in total. The number of thiophene rings is 1. The topological polar surface area (TPSA) is 85.3 Å². The maximum absolute atomic E-state index is 13.3. The lowest BCUT2D eigenvalue weighted by Crippen LogP contribution is -2.46. The van der Waals surface area contributed by atoms with E-state index in [1.807, 2.05) is 13.8 Å². The predicted octanol–water partition coefficient (Wildman–Crippen LogP) is 5.50. The van der Waals surface area contributed by atoms with Crippen LogP contribution < -0.4 is 11.1 Å². The Balaban J connectivity index is 1.43. The van der Waals surface area contributed by atoms with Gasteiger partial charge in [0.1, 0.15) is 11.9 Å². The Morgan fingerprint density at radius 2 is 2.00 bits per heavy atom. The van der Waals surface area contributed by atoms with Crippen molar-refractivity contribution in [3.05, 3.63) is 52.9 Å². The summed E-state index contributed by atoms with van der Waals surface area (Å²) < 4.78 is 3.51. The van der Waals surface area contributed by atoms with Crippen LogP contribution >= 0.6 is 11.3 Å². The lowest BCUT2D eigenvalue weighted by atomic mass is 9.87. The average Bonchev–Trinajstić information content (AvgIpc) is 3.50. The van der Waals surface area contributed by atoms with Crippen LogP contribution in [0.5, 0.6) is 0 Å². The van der Waals surface area contributed by atoms with Crippen molar-refractivity contribution in [2.75, 3.05) is 6.54 Å². The van der Waals surface area contributed by atoms with E-state index < -0.39 is 5.41 Å². The van der Waals surface area contributed by atoms with Gasteiger partial charge in [0.05, 0.1) is 23.4 Å². The van der Waals surface area contributed by atoms with E-state index >= 15 is 0 Å².